The zero-order chi connectivity index (χ0) is 14.7. The van der Waals surface area contributed by atoms with Crippen LogP contribution in [0.2, 0.25) is 0 Å². The molecule has 0 aromatic heterocycles. The largest absolute Gasteiger partial charge is 0.456 e. The van der Waals surface area contributed by atoms with Gasteiger partial charge in [-0.25, -0.2) is 0 Å². The molecule has 0 radical (unpaired) electrons. The number of benzene rings is 2. The highest BCUT2D eigenvalue weighted by atomic mass is 79.9. The van der Waals surface area contributed by atoms with Crippen molar-refractivity contribution < 1.29 is 4.74 Å². The van der Waals surface area contributed by atoms with Crippen molar-refractivity contribution in [3.63, 3.8) is 0 Å². The predicted molar refractivity (Wildman–Crippen MR) is 87.5 cm³/mol. The molecular formula is C17H20BrNO. The topological polar surface area (TPSA) is 35.2 Å². The Kier molecular flexibility index (Phi) is 4.84. The Morgan fingerprint density at radius 3 is 2.40 bits per heavy atom. The maximum atomic E-state index is 5.98. The van der Waals surface area contributed by atoms with Crippen molar-refractivity contribution in [2.75, 3.05) is 0 Å². The number of nitrogens with two attached hydrogens (primary N) is 1. The smallest absolute Gasteiger partial charge is 0.141 e. The van der Waals surface area contributed by atoms with Gasteiger partial charge in [-0.3, -0.25) is 0 Å². The minimum absolute atomic E-state index is 0.160. The lowest BCUT2D eigenvalue weighted by Crippen LogP contribution is -2.17. The van der Waals surface area contributed by atoms with Crippen LogP contribution in [-0.2, 0) is 6.42 Å². The molecule has 0 bridgehead atoms. The molecule has 0 fully saturated rings. The van der Waals surface area contributed by atoms with E-state index in [9.17, 15) is 0 Å². The summed E-state index contributed by atoms with van der Waals surface area (Å²) in [6.07, 6.45) is 0.864. The molecule has 1 unspecified atom stereocenters. The fourth-order valence-electron chi connectivity index (χ4n) is 2.16. The van der Waals surface area contributed by atoms with Gasteiger partial charge in [0.15, 0.2) is 0 Å². The maximum Gasteiger partial charge on any atom is 0.141 e. The minimum atomic E-state index is 0.160. The molecule has 0 aliphatic carbocycles. The minimum Gasteiger partial charge on any atom is -0.456 e. The van der Waals surface area contributed by atoms with Crippen LogP contribution in [0, 0.1) is 13.8 Å². The Morgan fingerprint density at radius 2 is 1.80 bits per heavy atom. The van der Waals surface area contributed by atoms with Gasteiger partial charge in [0.05, 0.1) is 4.47 Å². The quantitative estimate of drug-likeness (QED) is 0.876. The average molecular weight is 334 g/mol. The van der Waals surface area contributed by atoms with Gasteiger partial charge in [-0.15, -0.1) is 0 Å². The van der Waals surface area contributed by atoms with Gasteiger partial charge in [0, 0.05) is 6.04 Å². The summed E-state index contributed by atoms with van der Waals surface area (Å²) in [6, 6.07) is 12.5. The average Bonchev–Trinajstić information content (AvgIpc) is 2.34. The van der Waals surface area contributed by atoms with Crippen LogP contribution in [0.3, 0.4) is 0 Å². The molecule has 1 atom stereocenters. The van der Waals surface area contributed by atoms with Crippen LogP contribution in [0.4, 0.5) is 0 Å². The Bertz CT molecular complexity index is 608. The fourth-order valence-corrected chi connectivity index (χ4v) is 2.67. The molecule has 2 aromatic carbocycles. The third-order valence-electron chi connectivity index (χ3n) is 3.10. The predicted octanol–water partition coefficient (Wildman–Crippen LogP) is 4.75. The first-order valence-electron chi connectivity index (χ1n) is 6.75. The molecule has 2 aromatic rings. The van der Waals surface area contributed by atoms with E-state index in [1.807, 2.05) is 19.1 Å². The molecule has 0 heterocycles. The van der Waals surface area contributed by atoms with Gasteiger partial charge >= 0.3 is 0 Å². The van der Waals surface area contributed by atoms with Gasteiger partial charge in [-0.05, 0) is 72.4 Å². The second-order valence-electron chi connectivity index (χ2n) is 5.32. The lowest BCUT2D eigenvalue weighted by molar-refractivity contribution is 0.475. The molecule has 106 valence electrons. The molecular weight excluding hydrogens is 314 g/mol. The van der Waals surface area contributed by atoms with Crippen LogP contribution in [0.1, 0.15) is 23.6 Å². The molecule has 0 spiro atoms. The van der Waals surface area contributed by atoms with Crippen molar-refractivity contribution in [3.05, 3.63) is 57.6 Å². The molecule has 2 N–H and O–H groups in total. The highest BCUT2D eigenvalue weighted by Crippen LogP contribution is 2.32. The molecule has 20 heavy (non-hydrogen) atoms. The van der Waals surface area contributed by atoms with E-state index in [2.05, 4.69) is 54.0 Å². The van der Waals surface area contributed by atoms with Crippen LogP contribution in [0.5, 0.6) is 11.5 Å². The van der Waals surface area contributed by atoms with Gasteiger partial charge in [0.25, 0.3) is 0 Å². The van der Waals surface area contributed by atoms with Crippen LogP contribution in [0.25, 0.3) is 0 Å². The van der Waals surface area contributed by atoms with Crippen molar-refractivity contribution in [3.8, 4) is 11.5 Å². The van der Waals surface area contributed by atoms with Crippen molar-refractivity contribution in [2.24, 2.45) is 5.73 Å². The van der Waals surface area contributed by atoms with Gasteiger partial charge in [0.2, 0.25) is 0 Å². The van der Waals surface area contributed by atoms with Crippen LogP contribution >= 0.6 is 15.9 Å². The van der Waals surface area contributed by atoms with Gasteiger partial charge in [0.1, 0.15) is 11.5 Å². The van der Waals surface area contributed by atoms with Gasteiger partial charge < -0.3 is 10.5 Å². The van der Waals surface area contributed by atoms with E-state index in [0.29, 0.717) is 0 Å². The molecule has 2 rings (SSSR count). The van der Waals surface area contributed by atoms with Crippen LogP contribution in [0.15, 0.2) is 40.9 Å². The fraction of sp³-hybridized carbons (Fsp3) is 0.294. The van der Waals surface area contributed by atoms with Gasteiger partial charge in [-0.2, -0.15) is 0 Å². The lowest BCUT2D eigenvalue weighted by Gasteiger charge is -2.12. The zero-order valence-corrected chi connectivity index (χ0v) is 13.7. The molecule has 0 saturated carbocycles. The first-order chi connectivity index (χ1) is 9.45. The van der Waals surface area contributed by atoms with E-state index in [1.54, 1.807) is 0 Å². The summed E-state index contributed by atoms with van der Waals surface area (Å²) in [5, 5.41) is 0. The van der Waals surface area contributed by atoms with Crippen LogP contribution < -0.4 is 10.5 Å². The van der Waals surface area contributed by atoms with E-state index >= 15 is 0 Å². The number of aryl methyl sites for hydroxylation is 2. The number of ether oxygens (including phenoxy) is 1. The van der Waals surface area contributed by atoms with Crippen molar-refractivity contribution in [1.82, 2.24) is 0 Å². The maximum absolute atomic E-state index is 5.98. The summed E-state index contributed by atoms with van der Waals surface area (Å²) in [5.41, 5.74) is 9.40. The Balaban J connectivity index is 2.21. The molecule has 0 aliphatic heterocycles. The normalized spacial score (nSPS) is 12.2. The summed E-state index contributed by atoms with van der Waals surface area (Å²) in [4.78, 5) is 0. The van der Waals surface area contributed by atoms with Crippen molar-refractivity contribution in [2.45, 2.75) is 33.2 Å². The molecule has 0 saturated heterocycles. The molecule has 2 nitrogen and oxygen atoms in total. The standard InChI is InChI=1S/C17H20BrNO/c1-11-4-6-16(12(2)8-11)20-17-7-5-14(9-13(3)19)10-15(17)18/h4-8,10,13H,9,19H2,1-3H3. The second kappa shape index (κ2) is 6.42. The second-order valence-corrected chi connectivity index (χ2v) is 6.17. The lowest BCUT2D eigenvalue weighted by atomic mass is 10.1. The first-order valence-corrected chi connectivity index (χ1v) is 7.54. The number of rotatable bonds is 4. The number of hydrogen-bond acceptors (Lipinski definition) is 2. The summed E-state index contributed by atoms with van der Waals surface area (Å²) in [6.45, 7) is 6.14. The van der Waals surface area contributed by atoms with E-state index in [1.165, 1.54) is 11.1 Å². The van der Waals surface area contributed by atoms with Crippen LogP contribution in [-0.4, -0.2) is 6.04 Å². The van der Waals surface area contributed by atoms with E-state index in [-0.39, 0.29) is 6.04 Å². The Hall–Kier alpha value is -1.32. The monoisotopic (exact) mass is 333 g/mol. The summed E-state index contributed by atoms with van der Waals surface area (Å²) in [5.74, 6) is 1.71. The van der Waals surface area contributed by atoms with Gasteiger partial charge in [-0.1, -0.05) is 23.8 Å². The number of hydrogen-bond donors (Lipinski definition) is 1. The third kappa shape index (κ3) is 3.84. The van der Waals surface area contributed by atoms with E-state index in [4.69, 9.17) is 10.5 Å². The first kappa shape index (κ1) is 15.1. The van der Waals surface area contributed by atoms with Crippen molar-refractivity contribution >= 4 is 15.9 Å². The SMILES string of the molecule is Cc1ccc(Oc2ccc(CC(C)N)cc2Br)c(C)c1. The summed E-state index contributed by atoms with van der Waals surface area (Å²) in [7, 11) is 0. The van der Waals surface area contributed by atoms with E-state index < -0.39 is 0 Å². The highest BCUT2D eigenvalue weighted by molar-refractivity contribution is 9.10. The van der Waals surface area contributed by atoms with Crippen molar-refractivity contribution in [1.29, 1.82) is 0 Å². The Labute approximate surface area is 129 Å². The Morgan fingerprint density at radius 1 is 1.10 bits per heavy atom. The van der Waals surface area contributed by atoms with E-state index in [0.717, 1.165) is 28.0 Å². The molecule has 3 heteroatoms. The molecule has 0 aliphatic rings. The summed E-state index contributed by atoms with van der Waals surface area (Å²) >= 11 is 3.57. The highest BCUT2D eigenvalue weighted by Gasteiger charge is 2.07. The summed E-state index contributed by atoms with van der Waals surface area (Å²) < 4.78 is 6.93. The zero-order valence-electron chi connectivity index (χ0n) is 12.1. The number of halogens is 1. The third-order valence-corrected chi connectivity index (χ3v) is 3.72. The molecule has 0 amide bonds.